The summed E-state index contributed by atoms with van der Waals surface area (Å²) in [6.45, 7) is 9.39. The van der Waals surface area contributed by atoms with Crippen LogP contribution in [0, 0.1) is 11.8 Å². The molecule has 516 valence electrons. The first-order valence-corrected chi connectivity index (χ1v) is 38.5. The predicted molar refractivity (Wildman–Crippen MR) is 349 cm³/mol. The van der Waals surface area contributed by atoms with Crippen LogP contribution in [-0.4, -0.2) is 96.7 Å². The molecular formula is C68H132O17P2. The molecule has 19 heteroatoms. The fraction of sp³-hybridized carbons (Fsp3) is 0.941. The second kappa shape index (κ2) is 60.3. The molecule has 17 nitrogen and oxygen atoms in total. The fourth-order valence-electron chi connectivity index (χ4n) is 10.2. The quantitative estimate of drug-likeness (QED) is 0.0222. The Hall–Kier alpha value is -1.94. The number of phosphoric acid groups is 2. The van der Waals surface area contributed by atoms with Crippen LogP contribution in [-0.2, 0) is 65.4 Å². The average molecular weight is 1280 g/mol. The summed E-state index contributed by atoms with van der Waals surface area (Å²) in [5.74, 6) is -0.754. The number of hydrogen-bond donors (Lipinski definition) is 3. The van der Waals surface area contributed by atoms with Crippen LogP contribution in [0.1, 0.15) is 343 Å². The summed E-state index contributed by atoms with van der Waals surface area (Å²) in [6.07, 6.45) is 44.6. The molecule has 0 aromatic heterocycles. The van der Waals surface area contributed by atoms with E-state index in [4.69, 9.17) is 37.0 Å². The molecule has 0 saturated heterocycles. The molecule has 0 aliphatic heterocycles. The maximum absolute atomic E-state index is 13.0. The number of aliphatic hydroxyl groups is 1. The van der Waals surface area contributed by atoms with Gasteiger partial charge in [-0.2, -0.15) is 0 Å². The highest BCUT2D eigenvalue weighted by atomic mass is 31.2. The first-order valence-electron chi connectivity index (χ1n) is 35.5. The first kappa shape index (κ1) is 85.1. The van der Waals surface area contributed by atoms with Gasteiger partial charge in [-0.3, -0.25) is 37.3 Å². The van der Waals surface area contributed by atoms with Crippen LogP contribution in [0.15, 0.2) is 0 Å². The second-order valence-corrected chi connectivity index (χ2v) is 28.4. The van der Waals surface area contributed by atoms with Gasteiger partial charge < -0.3 is 33.8 Å². The Morgan fingerprint density at radius 1 is 0.310 bits per heavy atom. The molecule has 2 unspecified atom stereocenters. The van der Waals surface area contributed by atoms with Crippen molar-refractivity contribution in [2.24, 2.45) is 11.8 Å². The van der Waals surface area contributed by atoms with Crippen LogP contribution in [0.25, 0.3) is 0 Å². The lowest BCUT2D eigenvalue weighted by Gasteiger charge is -2.21. The van der Waals surface area contributed by atoms with E-state index in [0.29, 0.717) is 37.5 Å². The van der Waals surface area contributed by atoms with Crippen molar-refractivity contribution >= 4 is 39.5 Å². The number of rotatable bonds is 67. The molecule has 0 aliphatic carbocycles. The zero-order chi connectivity index (χ0) is 64.3. The van der Waals surface area contributed by atoms with Gasteiger partial charge in [-0.05, 0) is 37.5 Å². The van der Waals surface area contributed by atoms with E-state index in [-0.39, 0.29) is 25.7 Å². The maximum atomic E-state index is 13.0. The third-order valence-corrected chi connectivity index (χ3v) is 17.6. The summed E-state index contributed by atoms with van der Waals surface area (Å²) in [4.78, 5) is 72.4. The minimum absolute atomic E-state index is 0.102. The summed E-state index contributed by atoms with van der Waals surface area (Å²) in [6, 6.07) is 0. The standard InChI is InChI=1S/C68H132O17P2/c1-7-9-11-13-15-17-19-21-22-24-26-28-32-40-46-52-67(72)84-63(56-78-65(70)50-44-38-31-27-25-23-20-18-16-14-12-10-8-2)58-82-86(74,75)80-54-62(69)55-81-87(76,77)83-59-64(57-79-66(71)51-45-39-35-34-37-43-49-61(5)6)85-68(73)53-47-41-33-29-30-36-42-48-60(3)4/h60-64,69H,7-59H2,1-6H3,(H,74,75)(H,76,77)/t62-,63-,64-/m1/s1. The third-order valence-electron chi connectivity index (χ3n) is 15.7. The van der Waals surface area contributed by atoms with Crippen LogP contribution < -0.4 is 0 Å². The molecule has 0 aromatic rings. The smallest absolute Gasteiger partial charge is 0.462 e. The molecule has 5 atom stereocenters. The van der Waals surface area contributed by atoms with Crippen molar-refractivity contribution in [3.8, 4) is 0 Å². The molecule has 0 radical (unpaired) electrons. The molecule has 0 fully saturated rings. The highest BCUT2D eigenvalue weighted by Crippen LogP contribution is 2.45. The van der Waals surface area contributed by atoms with Gasteiger partial charge >= 0.3 is 39.5 Å². The number of hydrogen-bond acceptors (Lipinski definition) is 15. The van der Waals surface area contributed by atoms with Gasteiger partial charge in [0.1, 0.15) is 19.3 Å². The van der Waals surface area contributed by atoms with Gasteiger partial charge in [-0.15, -0.1) is 0 Å². The molecule has 87 heavy (non-hydrogen) atoms. The Morgan fingerprint density at radius 3 is 0.782 bits per heavy atom. The van der Waals surface area contributed by atoms with E-state index in [9.17, 15) is 43.2 Å². The minimum atomic E-state index is -4.95. The van der Waals surface area contributed by atoms with Crippen molar-refractivity contribution in [3.05, 3.63) is 0 Å². The molecule has 0 rings (SSSR count). The average Bonchev–Trinajstić information content (AvgIpc) is 3.70. The molecular weight excluding hydrogens is 1150 g/mol. The fourth-order valence-corrected chi connectivity index (χ4v) is 11.8. The minimum Gasteiger partial charge on any atom is -0.462 e. The summed E-state index contributed by atoms with van der Waals surface area (Å²) in [5, 5.41) is 10.6. The number of unbranched alkanes of at least 4 members (excludes halogenated alkanes) is 37. The van der Waals surface area contributed by atoms with Gasteiger partial charge in [0.25, 0.3) is 0 Å². The predicted octanol–water partition coefficient (Wildman–Crippen LogP) is 19.2. The van der Waals surface area contributed by atoms with E-state index in [1.807, 2.05) is 0 Å². The van der Waals surface area contributed by atoms with Crippen molar-refractivity contribution in [2.75, 3.05) is 39.6 Å². The van der Waals surface area contributed by atoms with Crippen LogP contribution >= 0.6 is 15.6 Å². The SMILES string of the molecule is CCCCCCCCCCCCCCCCCC(=O)O[C@H](COC(=O)CCCCCCCCCCCCCCC)COP(=O)(O)OC[C@@H](O)COP(=O)(O)OC[C@@H](COC(=O)CCCCCCCCC(C)C)OC(=O)CCCCCCCCCC(C)C. The molecule has 0 saturated carbocycles. The Balaban J connectivity index is 5.23. The van der Waals surface area contributed by atoms with E-state index in [1.54, 1.807) is 0 Å². The van der Waals surface area contributed by atoms with Crippen LogP contribution in [0.2, 0.25) is 0 Å². The number of carbonyl (C=O) groups excluding carboxylic acids is 4. The Labute approximate surface area is 530 Å². The van der Waals surface area contributed by atoms with Crippen molar-refractivity contribution in [1.29, 1.82) is 0 Å². The number of phosphoric ester groups is 2. The zero-order valence-electron chi connectivity index (χ0n) is 56.3. The molecule has 0 spiro atoms. The van der Waals surface area contributed by atoms with Crippen molar-refractivity contribution in [1.82, 2.24) is 0 Å². The van der Waals surface area contributed by atoms with E-state index in [0.717, 1.165) is 96.3 Å². The van der Waals surface area contributed by atoms with E-state index >= 15 is 0 Å². The van der Waals surface area contributed by atoms with Crippen molar-refractivity contribution in [3.63, 3.8) is 0 Å². The molecule has 0 amide bonds. The molecule has 0 heterocycles. The Kier molecular flexibility index (Phi) is 59.0. The Bertz CT molecular complexity index is 1700. The van der Waals surface area contributed by atoms with Gasteiger partial charge in [-0.25, -0.2) is 9.13 Å². The van der Waals surface area contributed by atoms with Crippen LogP contribution in [0.4, 0.5) is 0 Å². The molecule has 0 aromatic carbocycles. The number of ether oxygens (including phenoxy) is 4. The highest BCUT2D eigenvalue weighted by Gasteiger charge is 2.30. The van der Waals surface area contributed by atoms with Crippen molar-refractivity contribution < 1.29 is 80.2 Å². The normalized spacial score (nSPS) is 14.2. The first-order chi connectivity index (χ1) is 41.9. The van der Waals surface area contributed by atoms with Gasteiger partial charge in [0.15, 0.2) is 12.2 Å². The second-order valence-electron chi connectivity index (χ2n) is 25.5. The van der Waals surface area contributed by atoms with Crippen LogP contribution in [0.5, 0.6) is 0 Å². The Morgan fingerprint density at radius 2 is 0.529 bits per heavy atom. The lowest BCUT2D eigenvalue weighted by atomic mass is 10.0. The highest BCUT2D eigenvalue weighted by molar-refractivity contribution is 7.47. The third kappa shape index (κ3) is 62.6. The molecule has 3 N–H and O–H groups in total. The van der Waals surface area contributed by atoms with E-state index in [1.165, 1.54) is 154 Å². The van der Waals surface area contributed by atoms with Gasteiger partial charge in [-0.1, -0.05) is 292 Å². The lowest BCUT2D eigenvalue weighted by Crippen LogP contribution is -2.30. The van der Waals surface area contributed by atoms with Crippen LogP contribution in [0.3, 0.4) is 0 Å². The van der Waals surface area contributed by atoms with E-state index < -0.39 is 97.5 Å². The van der Waals surface area contributed by atoms with Gasteiger partial charge in [0, 0.05) is 25.7 Å². The largest absolute Gasteiger partial charge is 0.472 e. The van der Waals surface area contributed by atoms with Gasteiger partial charge in [0.05, 0.1) is 26.4 Å². The van der Waals surface area contributed by atoms with Gasteiger partial charge in [0.2, 0.25) is 0 Å². The zero-order valence-corrected chi connectivity index (χ0v) is 58.1. The molecule has 0 bridgehead atoms. The monoisotopic (exact) mass is 1280 g/mol. The summed E-state index contributed by atoms with van der Waals surface area (Å²) < 4.78 is 68.1. The summed E-state index contributed by atoms with van der Waals surface area (Å²) in [7, 11) is -9.89. The number of carbonyl (C=O) groups is 4. The van der Waals surface area contributed by atoms with Crippen molar-refractivity contribution in [2.45, 2.75) is 362 Å². The number of aliphatic hydroxyl groups excluding tert-OH is 1. The van der Waals surface area contributed by atoms with E-state index in [2.05, 4.69) is 41.5 Å². The molecule has 0 aliphatic rings. The summed E-state index contributed by atoms with van der Waals surface area (Å²) in [5.41, 5.74) is 0. The topological polar surface area (TPSA) is 237 Å². The lowest BCUT2D eigenvalue weighted by molar-refractivity contribution is -0.161. The summed E-state index contributed by atoms with van der Waals surface area (Å²) >= 11 is 0. The number of esters is 4. The maximum Gasteiger partial charge on any atom is 0.472 e.